The summed E-state index contributed by atoms with van der Waals surface area (Å²) >= 11 is 1.04. The number of rotatable bonds is 6. The van der Waals surface area contributed by atoms with Gasteiger partial charge in [-0.3, -0.25) is 4.79 Å². The maximum atomic E-state index is 14.7. The van der Waals surface area contributed by atoms with E-state index in [9.17, 15) is 26.7 Å². The van der Waals surface area contributed by atoms with Crippen LogP contribution in [0.2, 0.25) is 0 Å². The number of ether oxygens (including phenoxy) is 1. The minimum Gasteiger partial charge on any atom is -0.489 e. The van der Waals surface area contributed by atoms with Gasteiger partial charge in [0.15, 0.2) is 0 Å². The van der Waals surface area contributed by atoms with Crippen molar-refractivity contribution in [1.29, 1.82) is 0 Å². The van der Waals surface area contributed by atoms with E-state index in [4.69, 9.17) is 4.74 Å². The topological polar surface area (TPSA) is 51.2 Å². The van der Waals surface area contributed by atoms with Crippen molar-refractivity contribution in [3.05, 3.63) is 101 Å². The van der Waals surface area contributed by atoms with Gasteiger partial charge >= 0.3 is 6.18 Å². The smallest absolute Gasteiger partial charge is 0.416 e. The summed E-state index contributed by atoms with van der Waals surface area (Å²) in [5.41, 5.74) is 0.0642. The largest absolute Gasteiger partial charge is 0.489 e. The van der Waals surface area contributed by atoms with E-state index in [1.54, 1.807) is 12.1 Å². The van der Waals surface area contributed by atoms with Crippen LogP contribution in [0.3, 0.4) is 0 Å². The predicted molar refractivity (Wildman–Crippen MR) is 118 cm³/mol. The van der Waals surface area contributed by atoms with Gasteiger partial charge in [-0.05, 0) is 54.1 Å². The van der Waals surface area contributed by atoms with Crippen molar-refractivity contribution < 1.29 is 31.5 Å². The van der Waals surface area contributed by atoms with E-state index >= 15 is 0 Å². The Morgan fingerprint density at radius 2 is 1.76 bits per heavy atom. The zero-order valence-electron chi connectivity index (χ0n) is 17.2. The van der Waals surface area contributed by atoms with Crippen molar-refractivity contribution in [3.63, 3.8) is 0 Å². The zero-order chi connectivity index (χ0) is 24.3. The lowest BCUT2D eigenvalue weighted by Gasteiger charge is -2.08. The minimum absolute atomic E-state index is 0.00858. The summed E-state index contributed by atoms with van der Waals surface area (Å²) in [6.45, 7) is 0.0576. The monoisotopic (exact) mass is 490 g/mol. The first-order chi connectivity index (χ1) is 16.2. The standard InChI is InChI=1S/C24H15F5N2O2S/c25-16-3-1-2-14(10-16)12-33-18-8-9-19(20(26)11-18)23-31-21(13-34-23)22(32)30-17-6-4-15(5-7-17)24(27,28)29/h1-11,13H,12H2,(H,30,32). The van der Waals surface area contributed by atoms with E-state index in [0.29, 0.717) is 5.56 Å². The fourth-order valence-electron chi connectivity index (χ4n) is 2.99. The van der Waals surface area contributed by atoms with E-state index in [-0.39, 0.29) is 34.3 Å². The van der Waals surface area contributed by atoms with Crippen LogP contribution < -0.4 is 10.1 Å². The lowest BCUT2D eigenvalue weighted by molar-refractivity contribution is -0.137. The van der Waals surface area contributed by atoms with E-state index in [2.05, 4.69) is 10.3 Å². The number of amides is 1. The highest BCUT2D eigenvalue weighted by molar-refractivity contribution is 7.13. The predicted octanol–water partition coefficient (Wildman–Crippen LogP) is 6.94. The molecule has 1 heterocycles. The van der Waals surface area contributed by atoms with Gasteiger partial charge in [-0.2, -0.15) is 13.2 Å². The van der Waals surface area contributed by atoms with Crippen LogP contribution in [0.1, 0.15) is 21.6 Å². The number of hydrogen-bond acceptors (Lipinski definition) is 4. The van der Waals surface area contributed by atoms with Crippen molar-refractivity contribution in [2.45, 2.75) is 12.8 Å². The van der Waals surface area contributed by atoms with Gasteiger partial charge in [0.2, 0.25) is 0 Å². The number of carbonyl (C=O) groups excluding carboxylic acids is 1. The third-order valence-electron chi connectivity index (χ3n) is 4.67. The summed E-state index contributed by atoms with van der Waals surface area (Å²) < 4.78 is 71.4. The second kappa shape index (κ2) is 9.60. The minimum atomic E-state index is -4.48. The quantitative estimate of drug-likeness (QED) is 0.298. The Kier molecular flexibility index (Phi) is 6.60. The molecule has 34 heavy (non-hydrogen) atoms. The molecule has 0 saturated carbocycles. The summed E-state index contributed by atoms with van der Waals surface area (Å²) in [6, 6.07) is 14.0. The molecule has 10 heteroatoms. The molecule has 1 N–H and O–H groups in total. The SMILES string of the molecule is O=C(Nc1ccc(C(F)(F)F)cc1)c1csc(-c2ccc(OCc3cccc(F)c3)cc2F)n1. The summed E-state index contributed by atoms with van der Waals surface area (Å²) in [5, 5.41) is 4.12. The fourth-order valence-corrected chi connectivity index (χ4v) is 3.82. The normalized spacial score (nSPS) is 11.3. The third kappa shape index (κ3) is 5.57. The summed E-state index contributed by atoms with van der Waals surface area (Å²) in [6.07, 6.45) is -4.48. The average molecular weight is 490 g/mol. The van der Waals surface area contributed by atoms with Crippen molar-refractivity contribution in [1.82, 2.24) is 4.98 Å². The second-order valence-corrected chi connectivity index (χ2v) is 7.99. The van der Waals surface area contributed by atoms with Crippen molar-refractivity contribution >= 4 is 22.9 Å². The van der Waals surface area contributed by atoms with Gasteiger partial charge in [0.1, 0.15) is 34.7 Å². The molecular weight excluding hydrogens is 475 g/mol. The molecule has 0 aliphatic rings. The molecule has 0 aliphatic heterocycles. The third-order valence-corrected chi connectivity index (χ3v) is 5.55. The highest BCUT2D eigenvalue weighted by Gasteiger charge is 2.30. The van der Waals surface area contributed by atoms with Gasteiger partial charge < -0.3 is 10.1 Å². The molecule has 0 unspecified atom stereocenters. The number of hydrogen-bond donors (Lipinski definition) is 1. The van der Waals surface area contributed by atoms with Gasteiger partial charge in [-0.15, -0.1) is 11.3 Å². The first kappa shape index (κ1) is 23.4. The van der Waals surface area contributed by atoms with Crippen LogP contribution in [0.5, 0.6) is 5.75 Å². The van der Waals surface area contributed by atoms with E-state index in [0.717, 1.165) is 41.7 Å². The Balaban J connectivity index is 1.42. The summed E-state index contributed by atoms with van der Waals surface area (Å²) in [7, 11) is 0. The molecule has 0 spiro atoms. The van der Waals surface area contributed by atoms with Gasteiger partial charge in [0, 0.05) is 22.7 Å². The Morgan fingerprint density at radius 1 is 1.00 bits per heavy atom. The molecule has 1 amide bonds. The molecule has 0 aliphatic carbocycles. The Labute approximate surface area is 194 Å². The Morgan fingerprint density at radius 3 is 2.44 bits per heavy atom. The number of carbonyl (C=O) groups is 1. The van der Waals surface area contributed by atoms with Crippen LogP contribution in [0.15, 0.2) is 72.1 Å². The highest BCUT2D eigenvalue weighted by atomic mass is 32.1. The number of nitrogens with one attached hydrogen (secondary N) is 1. The molecule has 0 fully saturated rings. The molecule has 0 saturated heterocycles. The van der Waals surface area contributed by atoms with Gasteiger partial charge in [-0.1, -0.05) is 12.1 Å². The maximum absolute atomic E-state index is 14.7. The maximum Gasteiger partial charge on any atom is 0.416 e. The number of nitrogens with zero attached hydrogens (tertiary/aromatic N) is 1. The van der Waals surface area contributed by atoms with Crippen molar-refractivity contribution in [2.75, 3.05) is 5.32 Å². The molecule has 0 radical (unpaired) electrons. The highest BCUT2D eigenvalue weighted by Crippen LogP contribution is 2.31. The van der Waals surface area contributed by atoms with Gasteiger partial charge in [0.05, 0.1) is 5.56 Å². The van der Waals surface area contributed by atoms with E-state index < -0.39 is 29.3 Å². The van der Waals surface area contributed by atoms with Crippen LogP contribution in [0, 0.1) is 11.6 Å². The van der Waals surface area contributed by atoms with Crippen molar-refractivity contribution in [2.24, 2.45) is 0 Å². The molecule has 0 bridgehead atoms. The lowest BCUT2D eigenvalue weighted by atomic mass is 10.2. The lowest BCUT2D eigenvalue weighted by Crippen LogP contribution is -2.12. The number of benzene rings is 3. The molecule has 0 atom stereocenters. The van der Waals surface area contributed by atoms with E-state index in [1.807, 2.05) is 0 Å². The number of thiazole rings is 1. The molecular formula is C24H15F5N2O2S. The number of aromatic nitrogens is 1. The zero-order valence-corrected chi connectivity index (χ0v) is 18.0. The first-order valence-corrected chi connectivity index (χ1v) is 10.7. The van der Waals surface area contributed by atoms with Crippen LogP contribution in [0.25, 0.3) is 10.6 Å². The molecule has 174 valence electrons. The number of alkyl halides is 3. The Hall–Kier alpha value is -3.79. The summed E-state index contributed by atoms with van der Waals surface area (Å²) in [4.78, 5) is 16.5. The fraction of sp³-hybridized carbons (Fsp3) is 0.0833. The average Bonchev–Trinajstić information content (AvgIpc) is 3.28. The Bertz CT molecular complexity index is 1320. The molecule has 3 aromatic carbocycles. The second-order valence-electron chi connectivity index (χ2n) is 7.13. The number of halogens is 5. The number of anilines is 1. The van der Waals surface area contributed by atoms with Crippen LogP contribution in [-0.2, 0) is 12.8 Å². The molecule has 4 nitrogen and oxygen atoms in total. The van der Waals surface area contributed by atoms with E-state index in [1.165, 1.54) is 29.6 Å². The van der Waals surface area contributed by atoms with Gasteiger partial charge in [-0.25, -0.2) is 13.8 Å². The van der Waals surface area contributed by atoms with Crippen LogP contribution in [0.4, 0.5) is 27.6 Å². The van der Waals surface area contributed by atoms with Crippen LogP contribution in [-0.4, -0.2) is 10.9 Å². The van der Waals surface area contributed by atoms with Crippen LogP contribution >= 0.6 is 11.3 Å². The summed E-state index contributed by atoms with van der Waals surface area (Å²) in [5.74, 6) is -1.43. The molecule has 4 rings (SSSR count). The van der Waals surface area contributed by atoms with Gasteiger partial charge in [0.25, 0.3) is 5.91 Å². The van der Waals surface area contributed by atoms with Crippen molar-refractivity contribution in [3.8, 4) is 16.3 Å². The molecule has 4 aromatic rings. The first-order valence-electron chi connectivity index (χ1n) is 9.80. The molecule has 1 aromatic heterocycles.